The molecule has 1 aromatic heterocycles. The fraction of sp³-hybridized carbons (Fsp3) is 0.467. The first kappa shape index (κ1) is 52.6. The number of para-hydroxylation sites is 1. The summed E-state index contributed by atoms with van der Waals surface area (Å²) in [5.74, 6) is -2.00. The van der Waals surface area contributed by atoms with Crippen molar-refractivity contribution in [3.8, 4) is 5.75 Å². The minimum Gasteiger partial charge on any atom is -1.00 e. The van der Waals surface area contributed by atoms with Crippen LogP contribution in [0.1, 0.15) is 80.8 Å². The van der Waals surface area contributed by atoms with E-state index in [9.17, 15) is 24.6 Å². The molecule has 1 aliphatic carbocycles. The SMILES string of the molecule is CC[C@]1(O)C[C@@H]2C[C@](C(=O)OC)(c3cc4c(cc3OC)N(C)[C@H]3[C@@](O)(C(=O)OC)[C@H](OC(C)=O)[C@]5(CC)C=CCN6CC[C@]43[C@@H]65)c3[nH]c4ccccc4c3CC[N@+](CC(=O)/C=C/c3ccc4ccccc4c3)(C2)C1.[Br-]. The van der Waals surface area contributed by atoms with Gasteiger partial charge in [0.05, 0.1) is 40.5 Å². The molecule has 2 bridgehead atoms. The predicted molar refractivity (Wildman–Crippen MR) is 282 cm³/mol. The second-order valence-electron chi connectivity index (χ2n) is 22.4. The van der Waals surface area contributed by atoms with Crippen LogP contribution in [0.3, 0.4) is 0 Å². The molecule has 3 N–H and O–H groups in total. The summed E-state index contributed by atoms with van der Waals surface area (Å²) < 4.78 is 24.6. The average Bonchev–Trinajstić information content (AvgIpc) is 4.08. The lowest BCUT2D eigenvalue weighted by atomic mass is 9.47. The second kappa shape index (κ2) is 19.0. The summed E-state index contributed by atoms with van der Waals surface area (Å²) in [4.78, 5) is 66.2. The van der Waals surface area contributed by atoms with Crippen LogP contribution in [-0.2, 0) is 50.6 Å². The molecule has 2 saturated heterocycles. The zero-order chi connectivity index (χ0) is 52.2. The molecule has 15 heteroatoms. The van der Waals surface area contributed by atoms with Gasteiger partial charge in [-0.25, -0.2) is 4.79 Å². The van der Waals surface area contributed by atoms with Crippen LogP contribution < -0.4 is 26.6 Å². The van der Waals surface area contributed by atoms with Gasteiger partial charge in [0.2, 0.25) is 11.4 Å². The van der Waals surface area contributed by atoms with E-state index >= 15 is 4.79 Å². The lowest BCUT2D eigenvalue weighted by molar-refractivity contribution is -0.935. The van der Waals surface area contributed by atoms with Crippen molar-refractivity contribution in [3.63, 3.8) is 0 Å². The van der Waals surface area contributed by atoms with Crippen LogP contribution in [-0.4, -0.2) is 145 Å². The number of H-pyrrole nitrogens is 1. The van der Waals surface area contributed by atoms with Gasteiger partial charge in [-0.3, -0.25) is 19.3 Å². The lowest BCUT2D eigenvalue weighted by Gasteiger charge is -2.63. The summed E-state index contributed by atoms with van der Waals surface area (Å²) in [5.41, 5.74) is -1.68. The Labute approximate surface area is 449 Å². The van der Waals surface area contributed by atoms with E-state index in [1.54, 1.807) is 13.2 Å². The Morgan fingerprint density at radius 1 is 0.880 bits per heavy atom. The summed E-state index contributed by atoms with van der Waals surface area (Å²) in [7, 11) is 6.10. The molecule has 11 rings (SSSR count). The number of aliphatic hydroxyl groups is 2. The highest BCUT2D eigenvalue weighted by molar-refractivity contribution is 5.96. The highest BCUT2D eigenvalue weighted by Crippen LogP contribution is 2.68. The van der Waals surface area contributed by atoms with Crippen molar-refractivity contribution in [2.45, 2.75) is 99.5 Å². The van der Waals surface area contributed by atoms with Gasteiger partial charge in [-0.05, 0) is 90.4 Å². The maximum atomic E-state index is 15.8. The molecule has 396 valence electrons. The molecule has 4 aromatic carbocycles. The molecule has 6 heterocycles. The highest BCUT2D eigenvalue weighted by atomic mass is 79.9. The average molecular weight is 1090 g/mol. The molecule has 5 aliphatic heterocycles. The second-order valence-corrected chi connectivity index (χ2v) is 22.4. The van der Waals surface area contributed by atoms with Crippen LogP contribution >= 0.6 is 0 Å². The number of piperidine rings is 1. The van der Waals surface area contributed by atoms with Gasteiger partial charge in [-0.2, -0.15) is 0 Å². The fourth-order valence-electron chi connectivity index (χ4n) is 16.1. The van der Waals surface area contributed by atoms with Crippen molar-refractivity contribution < 1.29 is 69.8 Å². The molecule has 0 unspecified atom stereocenters. The maximum Gasteiger partial charge on any atom is 0.344 e. The van der Waals surface area contributed by atoms with E-state index in [0.29, 0.717) is 92.0 Å². The first-order valence-corrected chi connectivity index (χ1v) is 26.3. The molecular weight excluding hydrogens is 1020 g/mol. The van der Waals surface area contributed by atoms with Crippen LogP contribution in [0.15, 0.2) is 97.1 Å². The minimum atomic E-state index is -2.36. The number of esters is 3. The van der Waals surface area contributed by atoms with Gasteiger partial charge in [-0.1, -0.05) is 86.7 Å². The minimum absolute atomic E-state index is 0. The van der Waals surface area contributed by atoms with Crippen molar-refractivity contribution >= 4 is 57.1 Å². The molecule has 10 atom stereocenters. The number of nitrogens with zero attached hydrogens (tertiary/aromatic N) is 3. The van der Waals surface area contributed by atoms with Crippen molar-refractivity contribution in [1.29, 1.82) is 0 Å². The summed E-state index contributed by atoms with van der Waals surface area (Å²) in [5, 5.41) is 29.4. The number of benzene rings is 4. The number of ketones is 1. The Morgan fingerprint density at radius 2 is 1.63 bits per heavy atom. The maximum absolute atomic E-state index is 15.8. The Hall–Kier alpha value is -5.84. The number of carbonyl (C=O) groups is 4. The Morgan fingerprint density at radius 3 is 2.35 bits per heavy atom. The van der Waals surface area contributed by atoms with Crippen molar-refractivity contribution in [1.82, 2.24) is 9.88 Å². The van der Waals surface area contributed by atoms with Gasteiger partial charge in [-0.15, -0.1) is 0 Å². The van der Waals surface area contributed by atoms with E-state index in [4.69, 9.17) is 18.9 Å². The van der Waals surface area contributed by atoms with E-state index < -0.39 is 57.5 Å². The van der Waals surface area contributed by atoms with E-state index in [1.165, 1.54) is 21.1 Å². The van der Waals surface area contributed by atoms with Gasteiger partial charge in [0.25, 0.3) is 0 Å². The molecular formula is C60H69BrN4O10. The van der Waals surface area contributed by atoms with E-state index in [2.05, 4.69) is 46.3 Å². The number of carbonyl (C=O) groups excluding carboxylic acids is 4. The topological polar surface area (TPSA) is 168 Å². The molecule has 1 saturated carbocycles. The number of fused-ring (bicyclic) bond motifs is 7. The summed E-state index contributed by atoms with van der Waals surface area (Å²) in [6.45, 7) is 8.10. The number of rotatable bonds is 11. The van der Waals surface area contributed by atoms with Crippen molar-refractivity contribution in [2.24, 2.45) is 11.3 Å². The summed E-state index contributed by atoms with van der Waals surface area (Å²) in [6.07, 6.45) is 8.78. The molecule has 0 amide bonds. The number of ether oxygens (including phenoxy) is 4. The van der Waals surface area contributed by atoms with Crippen LogP contribution in [0, 0.1) is 11.3 Å². The Bertz CT molecular complexity index is 3190. The highest BCUT2D eigenvalue weighted by Gasteiger charge is 2.80. The third-order valence-corrected chi connectivity index (χ3v) is 18.7. The molecule has 14 nitrogen and oxygen atoms in total. The lowest BCUT2D eigenvalue weighted by Crippen LogP contribution is -3.00. The molecule has 3 fully saturated rings. The van der Waals surface area contributed by atoms with Gasteiger partial charge in [0.15, 0.2) is 6.10 Å². The summed E-state index contributed by atoms with van der Waals surface area (Å²) in [6, 6.07) is 25.0. The van der Waals surface area contributed by atoms with E-state index in [-0.39, 0.29) is 47.7 Å². The Balaban J connectivity index is 0.00000641. The molecule has 1 spiro atoms. The van der Waals surface area contributed by atoms with Crippen LogP contribution in [0.5, 0.6) is 5.75 Å². The third kappa shape index (κ3) is 7.68. The van der Waals surface area contributed by atoms with E-state index in [0.717, 1.165) is 38.4 Å². The first-order valence-electron chi connectivity index (χ1n) is 26.3. The smallest absolute Gasteiger partial charge is 0.344 e. The van der Waals surface area contributed by atoms with Crippen molar-refractivity contribution in [3.05, 3.63) is 125 Å². The van der Waals surface area contributed by atoms with Gasteiger partial charge in [0.1, 0.15) is 29.9 Å². The molecule has 6 aliphatic rings. The number of anilines is 1. The molecule has 5 aromatic rings. The zero-order valence-electron chi connectivity index (χ0n) is 44.0. The monoisotopic (exact) mass is 1080 g/mol. The quantitative estimate of drug-likeness (QED) is 0.0575. The van der Waals surface area contributed by atoms with Crippen LogP contribution in [0.4, 0.5) is 5.69 Å². The number of hydrogen-bond donors (Lipinski definition) is 3. The van der Waals surface area contributed by atoms with Gasteiger partial charge < -0.3 is 60.5 Å². The third-order valence-electron chi connectivity index (χ3n) is 18.7. The van der Waals surface area contributed by atoms with Crippen LogP contribution in [0.25, 0.3) is 27.8 Å². The number of methoxy groups -OCH3 is 3. The molecule has 75 heavy (non-hydrogen) atoms. The standard InChI is InChI=1S/C60H69N4O10.BrH/c1-8-56(69)32-39-33-59(54(67)72-6,50-44(43-17-12-13-18-47(43)61-50)23-28-64(34-39,36-56)35-42(66)22-20-38-19-21-40-15-10-11-16-41(40)29-38)46-30-45-48(31-49(46)71-5)62(4)52-58(45)25-27-63-26-14-24-57(9-2,51(58)63)53(74-37(3)65)60(52,70)55(68)73-7;/h10-22,24,29-31,39,51-53,61,69-70H,8-9,23,25-28,32-36H2,1-7H3;1H/q+1;/p-1/b22-20+;/t39-,51+,52-,53-,56+,57-,58-,59+,60+,64-;/m1./s1. The zero-order valence-corrected chi connectivity index (χ0v) is 45.6. The number of likely N-dealkylation sites (N-methyl/N-ethyl adjacent to an activating group) is 1. The largest absolute Gasteiger partial charge is 1.00 e. The normalized spacial score (nSPS) is 32.5. The van der Waals surface area contributed by atoms with Gasteiger partial charge in [0, 0.05) is 83.6 Å². The number of halogens is 1. The first-order chi connectivity index (χ1) is 35.5. The Kier molecular flexibility index (Phi) is 13.3. The van der Waals surface area contributed by atoms with Crippen molar-refractivity contribution in [2.75, 3.05) is 72.5 Å². The molecule has 0 radical (unpaired) electrons. The van der Waals surface area contributed by atoms with Gasteiger partial charge >= 0.3 is 17.9 Å². The predicted octanol–water partition coefficient (Wildman–Crippen LogP) is 3.95. The fourth-order valence-corrected chi connectivity index (χ4v) is 16.1. The number of aromatic nitrogens is 1. The number of nitrogens with one attached hydrogen (secondary N) is 1. The van der Waals surface area contributed by atoms with E-state index in [1.807, 2.05) is 86.5 Å². The summed E-state index contributed by atoms with van der Waals surface area (Å²) >= 11 is 0. The number of hydrogen-bond acceptors (Lipinski definition) is 12. The number of quaternary nitrogens is 1. The van der Waals surface area contributed by atoms with Crippen LogP contribution in [0.2, 0.25) is 0 Å². The number of aromatic amines is 1.